The first kappa shape index (κ1) is 23.2. The second-order valence-electron chi connectivity index (χ2n) is 9.45. The molecule has 3 N–H and O–H groups in total. The van der Waals surface area contributed by atoms with Gasteiger partial charge in [0.05, 0.1) is 18.5 Å². The van der Waals surface area contributed by atoms with Crippen molar-refractivity contribution < 1.29 is 9.84 Å². The van der Waals surface area contributed by atoms with Crippen LogP contribution in [0.1, 0.15) is 45.6 Å². The van der Waals surface area contributed by atoms with Crippen molar-refractivity contribution in [1.82, 2.24) is 20.4 Å². The van der Waals surface area contributed by atoms with Crippen molar-refractivity contribution in [3.05, 3.63) is 47.8 Å². The van der Waals surface area contributed by atoms with Crippen LogP contribution in [0.3, 0.4) is 0 Å². The Kier molecular flexibility index (Phi) is 6.95. The second-order valence-corrected chi connectivity index (χ2v) is 9.45. The van der Waals surface area contributed by atoms with Gasteiger partial charge in [0, 0.05) is 55.5 Å². The number of nitrogens with one attached hydrogen (secondary N) is 2. The van der Waals surface area contributed by atoms with Gasteiger partial charge in [-0.15, -0.1) is 10.2 Å². The molecular formula is C25H34N6O2. The molecule has 0 aliphatic carbocycles. The summed E-state index contributed by atoms with van der Waals surface area (Å²) in [5.41, 5.74) is 4.37. The molecule has 4 rings (SSSR count). The minimum Gasteiger partial charge on any atom is -0.507 e. The molecule has 0 spiro atoms. The molecule has 33 heavy (non-hydrogen) atoms. The molecule has 176 valence electrons. The first-order valence-corrected chi connectivity index (χ1v) is 11.6. The summed E-state index contributed by atoms with van der Waals surface area (Å²) < 4.78 is 5.35. The summed E-state index contributed by atoms with van der Waals surface area (Å²) >= 11 is 0. The predicted octanol–water partition coefficient (Wildman–Crippen LogP) is 3.71. The van der Waals surface area contributed by atoms with Gasteiger partial charge in [-0.2, -0.15) is 5.10 Å². The Hall–Kier alpha value is -2.97. The molecule has 0 saturated carbocycles. The third kappa shape index (κ3) is 5.51. The van der Waals surface area contributed by atoms with Crippen LogP contribution in [0.2, 0.25) is 0 Å². The number of phenolic OH excluding ortho intramolecular Hbond substituents is 1. The van der Waals surface area contributed by atoms with Crippen molar-refractivity contribution in [3.8, 4) is 16.9 Å². The van der Waals surface area contributed by atoms with E-state index in [1.165, 1.54) is 5.57 Å². The van der Waals surface area contributed by atoms with E-state index in [4.69, 9.17) is 4.74 Å². The van der Waals surface area contributed by atoms with Crippen LogP contribution in [0.4, 0.5) is 0 Å². The van der Waals surface area contributed by atoms with E-state index in [1.54, 1.807) is 25.6 Å². The molecule has 0 radical (unpaired) electrons. The predicted molar refractivity (Wildman–Crippen MR) is 132 cm³/mol. The number of benzene rings is 1. The molecule has 0 bridgehead atoms. The van der Waals surface area contributed by atoms with E-state index in [9.17, 15) is 5.11 Å². The number of nitrogens with zero attached hydrogens (tertiary/aromatic N) is 4. The van der Waals surface area contributed by atoms with Crippen LogP contribution in [-0.2, 0) is 4.74 Å². The smallest absolute Gasteiger partial charge is 0.131 e. The van der Waals surface area contributed by atoms with Gasteiger partial charge in [0.25, 0.3) is 0 Å². The number of aromatic amines is 1. The molecule has 8 nitrogen and oxygen atoms in total. The minimum absolute atomic E-state index is 0.0688. The number of likely N-dealkylation sites (tertiary alicyclic amines) is 1. The molecular weight excluding hydrogens is 416 g/mol. The fourth-order valence-electron chi connectivity index (χ4n) is 4.56. The van der Waals surface area contributed by atoms with E-state index in [1.807, 2.05) is 12.1 Å². The molecule has 8 heteroatoms. The maximum Gasteiger partial charge on any atom is 0.131 e. The molecule has 0 amide bonds. The molecule has 1 saturated heterocycles. The lowest BCUT2D eigenvalue weighted by atomic mass is 10.00. The van der Waals surface area contributed by atoms with Crippen LogP contribution in [0, 0.1) is 0 Å². The monoisotopic (exact) mass is 450 g/mol. The quantitative estimate of drug-likeness (QED) is 0.597. The summed E-state index contributed by atoms with van der Waals surface area (Å²) in [5, 5.41) is 30.4. The van der Waals surface area contributed by atoms with Crippen molar-refractivity contribution in [2.45, 2.75) is 51.6 Å². The highest BCUT2D eigenvalue weighted by Gasteiger charge is 2.30. The standard InChI is InChI=1S/C25H34N6O2/c1-5-17-10-22(21-7-6-18(12-23(21)32)19-13-26-27-14-19)29-30-24(11-17)31-9-8-20(15-31)28-25(2,3)16-33-4/h6-7,10,12-14,20,28,32H,5,8-9,11,15-16H2,1-4H3,(H,26,27). The summed E-state index contributed by atoms with van der Waals surface area (Å²) in [6.45, 7) is 9.01. The number of aromatic nitrogens is 2. The van der Waals surface area contributed by atoms with Gasteiger partial charge >= 0.3 is 0 Å². The number of allylic oxidation sites excluding steroid dienone is 1. The van der Waals surface area contributed by atoms with E-state index in [0.29, 0.717) is 23.9 Å². The highest BCUT2D eigenvalue weighted by atomic mass is 16.5. The zero-order chi connectivity index (χ0) is 23.4. The first-order chi connectivity index (χ1) is 15.9. The van der Waals surface area contributed by atoms with Gasteiger partial charge in [0.15, 0.2) is 0 Å². The summed E-state index contributed by atoms with van der Waals surface area (Å²) in [6.07, 6.45) is 8.34. The zero-order valence-electron chi connectivity index (χ0n) is 19.9. The lowest BCUT2D eigenvalue weighted by Crippen LogP contribution is -2.50. The number of amidine groups is 1. The summed E-state index contributed by atoms with van der Waals surface area (Å²) in [7, 11) is 1.74. The van der Waals surface area contributed by atoms with Crippen molar-refractivity contribution in [1.29, 1.82) is 0 Å². The van der Waals surface area contributed by atoms with Crippen LogP contribution in [-0.4, -0.2) is 70.1 Å². The average Bonchev–Trinajstić information content (AvgIpc) is 3.42. The Labute approximate surface area is 195 Å². The third-order valence-corrected chi connectivity index (χ3v) is 6.21. The number of hydrogen-bond donors (Lipinski definition) is 3. The Bertz CT molecular complexity index is 1050. The SMILES string of the molecule is CCC1=CC(c2ccc(-c3cn[nH]c3)cc2O)=NN=C(N2CCC(NC(C)(C)COC)C2)C1. The number of phenols is 1. The van der Waals surface area contributed by atoms with Gasteiger partial charge in [-0.3, -0.25) is 5.10 Å². The maximum atomic E-state index is 10.7. The van der Waals surface area contributed by atoms with Gasteiger partial charge in [-0.1, -0.05) is 18.6 Å². The Morgan fingerprint density at radius 3 is 2.82 bits per heavy atom. The van der Waals surface area contributed by atoms with Crippen molar-refractivity contribution in [3.63, 3.8) is 0 Å². The van der Waals surface area contributed by atoms with Crippen molar-refractivity contribution in [2.75, 3.05) is 26.8 Å². The van der Waals surface area contributed by atoms with Gasteiger partial charge in [-0.05, 0) is 50.5 Å². The molecule has 1 aromatic heterocycles. The van der Waals surface area contributed by atoms with Crippen LogP contribution in [0.5, 0.6) is 5.75 Å². The zero-order valence-corrected chi connectivity index (χ0v) is 19.9. The fraction of sp³-hybridized carbons (Fsp3) is 0.480. The summed E-state index contributed by atoms with van der Waals surface area (Å²) in [6, 6.07) is 6.00. The lowest BCUT2D eigenvalue weighted by Gasteiger charge is -2.29. The molecule has 1 fully saturated rings. The van der Waals surface area contributed by atoms with E-state index in [2.05, 4.69) is 57.5 Å². The van der Waals surface area contributed by atoms with Crippen molar-refractivity contribution >= 4 is 11.5 Å². The number of H-pyrrole nitrogens is 1. The molecule has 3 heterocycles. The molecule has 2 aliphatic rings. The van der Waals surface area contributed by atoms with E-state index >= 15 is 0 Å². The molecule has 1 unspecified atom stereocenters. The maximum absolute atomic E-state index is 10.7. The molecule has 1 atom stereocenters. The van der Waals surface area contributed by atoms with Gasteiger partial charge in [-0.25, -0.2) is 0 Å². The highest BCUT2D eigenvalue weighted by Crippen LogP contribution is 2.28. The number of rotatable bonds is 7. The van der Waals surface area contributed by atoms with Gasteiger partial charge in [0.1, 0.15) is 11.6 Å². The van der Waals surface area contributed by atoms with Gasteiger partial charge < -0.3 is 20.1 Å². The van der Waals surface area contributed by atoms with Crippen LogP contribution in [0.15, 0.2) is 52.4 Å². The lowest BCUT2D eigenvalue weighted by molar-refractivity contribution is 0.121. The Morgan fingerprint density at radius 2 is 2.12 bits per heavy atom. The first-order valence-electron chi connectivity index (χ1n) is 11.6. The summed E-state index contributed by atoms with van der Waals surface area (Å²) in [4.78, 5) is 2.33. The average molecular weight is 451 g/mol. The second kappa shape index (κ2) is 9.89. The highest BCUT2D eigenvalue weighted by molar-refractivity contribution is 6.12. The fourth-order valence-corrected chi connectivity index (χ4v) is 4.56. The van der Waals surface area contributed by atoms with Gasteiger partial charge in [0.2, 0.25) is 0 Å². The number of ether oxygens (including phenoxy) is 1. The summed E-state index contributed by atoms with van der Waals surface area (Å²) in [5.74, 6) is 1.17. The number of methoxy groups -OCH3 is 1. The van der Waals surface area contributed by atoms with E-state index < -0.39 is 0 Å². The van der Waals surface area contributed by atoms with E-state index in [0.717, 1.165) is 49.3 Å². The third-order valence-electron chi connectivity index (χ3n) is 6.21. The van der Waals surface area contributed by atoms with Crippen LogP contribution < -0.4 is 5.32 Å². The topological polar surface area (TPSA) is 98.1 Å². The molecule has 2 aromatic rings. The van der Waals surface area contributed by atoms with E-state index in [-0.39, 0.29) is 11.3 Å². The molecule has 2 aliphatic heterocycles. The van der Waals surface area contributed by atoms with Crippen LogP contribution in [0.25, 0.3) is 11.1 Å². The number of aromatic hydroxyl groups is 1. The van der Waals surface area contributed by atoms with Crippen LogP contribution >= 0.6 is 0 Å². The Morgan fingerprint density at radius 1 is 1.27 bits per heavy atom. The molecule has 1 aromatic carbocycles. The minimum atomic E-state index is -0.0688. The number of hydrogen-bond acceptors (Lipinski definition) is 7. The Balaban J connectivity index is 1.53. The largest absolute Gasteiger partial charge is 0.507 e. The van der Waals surface area contributed by atoms with Crippen molar-refractivity contribution in [2.24, 2.45) is 10.2 Å². The normalized spacial score (nSPS) is 19.2.